The zero-order valence-corrected chi connectivity index (χ0v) is 11.3. The molecule has 0 saturated heterocycles. The molecule has 0 fully saturated rings. The maximum atomic E-state index is 5.99. The molecular formula is C17H13N2O+. The molecule has 4 aromatic heterocycles. The first-order valence-corrected chi connectivity index (χ1v) is 6.78. The van der Waals surface area contributed by atoms with E-state index in [4.69, 9.17) is 4.42 Å². The van der Waals surface area contributed by atoms with Crippen molar-refractivity contribution in [2.24, 2.45) is 7.05 Å². The Hall–Kier alpha value is -2.55. The van der Waals surface area contributed by atoms with Gasteiger partial charge in [-0.05, 0) is 24.6 Å². The molecule has 0 bridgehead atoms. The summed E-state index contributed by atoms with van der Waals surface area (Å²) in [5, 5.41) is 2.52. The van der Waals surface area contributed by atoms with Gasteiger partial charge in [-0.2, -0.15) is 0 Å². The molecule has 0 unspecified atom stereocenters. The molecule has 0 saturated carbocycles. The van der Waals surface area contributed by atoms with Crippen LogP contribution >= 0.6 is 0 Å². The van der Waals surface area contributed by atoms with E-state index in [-0.39, 0.29) is 0 Å². The van der Waals surface area contributed by atoms with E-state index in [0.29, 0.717) is 0 Å². The number of hydrogen-bond donors (Lipinski definition) is 0. The second kappa shape index (κ2) is 3.12. The summed E-state index contributed by atoms with van der Waals surface area (Å²) in [5.74, 6) is 0. The van der Waals surface area contributed by atoms with Crippen molar-refractivity contribution in [3.05, 3.63) is 48.3 Å². The molecule has 20 heavy (non-hydrogen) atoms. The van der Waals surface area contributed by atoms with Gasteiger partial charge in [-0.3, -0.25) is 0 Å². The minimum absolute atomic E-state index is 0.958. The normalized spacial score (nSPS) is 12.5. The van der Waals surface area contributed by atoms with E-state index in [9.17, 15) is 0 Å². The van der Waals surface area contributed by atoms with E-state index in [0.717, 1.165) is 11.2 Å². The third-order valence-electron chi connectivity index (χ3n) is 4.34. The fourth-order valence-electron chi connectivity index (χ4n) is 3.47. The van der Waals surface area contributed by atoms with Gasteiger partial charge < -0.3 is 8.82 Å². The Morgan fingerprint density at radius 2 is 1.95 bits per heavy atom. The SMILES string of the molecule is Cc1cccc2c1c1c3c(cc[n+]1C)oc1ccn2c13. The van der Waals surface area contributed by atoms with Gasteiger partial charge in [0.15, 0.2) is 11.8 Å². The molecule has 1 aromatic carbocycles. The van der Waals surface area contributed by atoms with E-state index < -0.39 is 0 Å². The Bertz CT molecular complexity index is 1110. The first-order chi connectivity index (χ1) is 9.75. The van der Waals surface area contributed by atoms with Crippen molar-refractivity contribution in [2.75, 3.05) is 0 Å². The molecule has 3 nitrogen and oxygen atoms in total. The lowest BCUT2D eigenvalue weighted by molar-refractivity contribution is -0.643. The average Bonchev–Trinajstić information content (AvgIpc) is 3.00. The van der Waals surface area contributed by atoms with Crippen LogP contribution in [0.2, 0.25) is 0 Å². The second-order valence-corrected chi connectivity index (χ2v) is 5.48. The Balaban J connectivity index is 2.35. The van der Waals surface area contributed by atoms with Gasteiger partial charge >= 0.3 is 0 Å². The highest BCUT2D eigenvalue weighted by Crippen LogP contribution is 2.37. The van der Waals surface area contributed by atoms with Crippen molar-refractivity contribution in [1.29, 1.82) is 0 Å². The predicted molar refractivity (Wildman–Crippen MR) is 79.3 cm³/mol. The fourth-order valence-corrected chi connectivity index (χ4v) is 3.47. The van der Waals surface area contributed by atoms with Crippen LogP contribution in [0.5, 0.6) is 0 Å². The standard InChI is InChI=1S/C17H13N2O/c1-10-4-3-5-11-14(10)17-15-12(6-8-18(17)2)20-13-7-9-19(11)16(13)15/h3-9H,1-2H3/q+1. The van der Waals surface area contributed by atoms with Crippen molar-refractivity contribution >= 4 is 38.5 Å². The number of pyridine rings is 2. The third-order valence-corrected chi connectivity index (χ3v) is 4.34. The number of rotatable bonds is 0. The highest BCUT2D eigenvalue weighted by molar-refractivity contribution is 6.19. The van der Waals surface area contributed by atoms with Gasteiger partial charge in [0, 0.05) is 12.3 Å². The summed E-state index contributed by atoms with van der Waals surface area (Å²) in [6.07, 6.45) is 4.17. The summed E-state index contributed by atoms with van der Waals surface area (Å²) in [6.45, 7) is 2.17. The zero-order valence-electron chi connectivity index (χ0n) is 11.3. The number of nitrogens with zero attached hydrogens (tertiary/aromatic N) is 2. The lowest BCUT2D eigenvalue weighted by Crippen LogP contribution is -2.28. The molecule has 3 heteroatoms. The minimum Gasteiger partial charge on any atom is -0.454 e. The van der Waals surface area contributed by atoms with Crippen LogP contribution in [0, 0.1) is 6.92 Å². The van der Waals surface area contributed by atoms with E-state index in [1.807, 2.05) is 6.07 Å². The molecule has 0 spiro atoms. The Morgan fingerprint density at radius 3 is 2.85 bits per heavy atom. The molecule has 0 N–H and O–H groups in total. The van der Waals surface area contributed by atoms with Crippen LogP contribution in [-0.4, -0.2) is 4.40 Å². The number of furan rings is 1. The quantitative estimate of drug-likeness (QED) is 0.308. The predicted octanol–water partition coefficient (Wildman–Crippen LogP) is 3.56. The van der Waals surface area contributed by atoms with Crippen molar-refractivity contribution in [2.45, 2.75) is 6.92 Å². The van der Waals surface area contributed by atoms with Crippen molar-refractivity contribution in [3.63, 3.8) is 0 Å². The van der Waals surface area contributed by atoms with Crippen LogP contribution in [-0.2, 0) is 7.05 Å². The number of benzene rings is 1. The Morgan fingerprint density at radius 1 is 1.05 bits per heavy atom. The van der Waals surface area contributed by atoms with Crippen LogP contribution in [0.25, 0.3) is 38.5 Å². The van der Waals surface area contributed by atoms with Crippen LogP contribution in [0.1, 0.15) is 5.56 Å². The van der Waals surface area contributed by atoms with E-state index in [2.05, 4.69) is 59.6 Å². The molecule has 0 aliphatic carbocycles. The maximum Gasteiger partial charge on any atom is 0.228 e. The Labute approximate surface area is 115 Å². The first-order valence-electron chi connectivity index (χ1n) is 6.78. The van der Waals surface area contributed by atoms with Gasteiger partial charge in [0.2, 0.25) is 5.52 Å². The highest BCUT2D eigenvalue weighted by Gasteiger charge is 2.23. The van der Waals surface area contributed by atoms with E-state index in [1.54, 1.807) is 0 Å². The van der Waals surface area contributed by atoms with Crippen LogP contribution in [0.15, 0.2) is 47.1 Å². The molecule has 5 rings (SSSR count). The largest absolute Gasteiger partial charge is 0.454 e. The monoisotopic (exact) mass is 261 g/mol. The molecule has 0 atom stereocenters. The molecule has 96 valence electrons. The molecule has 0 radical (unpaired) electrons. The smallest absolute Gasteiger partial charge is 0.228 e. The topological polar surface area (TPSA) is 21.4 Å². The molecular weight excluding hydrogens is 248 g/mol. The number of aromatic nitrogens is 2. The van der Waals surface area contributed by atoms with Crippen molar-refractivity contribution < 1.29 is 8.98 Å². The molecule has 4 heterocycles. The first kappa shape index (κ1) is 10.3. The summed E-state index contributed by atoms with van der Waals surface area (Å²) in [6, 6.07) is 10.6. The summed E-state index contributed by atoms with van der Waals surface area (Å²) in [5.41, 5.74) is 6.88. The third kappa shape index (κ3) is 0.977. The number of hydrogen-bond acceptors (Lipinski definition) is 1. The highest BCUT2D eigenvalue weighted by atomic mass is 16.3. The van der Waals surface area contributed by atoms with Gasteiger partial charge in [0.05, 0.1) is 10.9 Å². The molecule has 5 aromatic rings. The summed E-state index contributed by atoms with van der Waals surface area (Å²) in [4.78, 5) is 0. The Kier molecular flexibility index (Phi) is 1.60. The fraction of sp³-hybridized carbons (Fsp3) is 0.118. The van der Waals surface area contributed by atoms with Gasteiger partial charge in [0.1, 0.15) is 23.5 Å². The second-order valence-electron chi connectivity index (χ2n) is 5.48. The van der Waals surface area contributed by atoms with Gasteiger partial charge in [-0.25, -0.2) is 4.57 Å². The van der Waals surface area contributed by atoms with E-state index >= 15 is 0 Å². The van der Waals surface area contributed by atoms with Crippen molar-refractivity contribution in [1.82, 2.24) is 4.40 Å². The zero-order chi connectivity index (χ0) is 13.4. The summed E-state index contributed by atoms with van der Waals surface area (Å²) < 4.78 is 10.4. The average molecular weight is 261 g/mol. The van der Waals surface area contributed by atoms with Gasteiger partial charge in [-0.15, -0.1) is 0 Å². The van der Waals surface area contributed by atoms with Gasteiger partial charge in [-0.1, -0.05) is 12.1 Å². The molecule has 0 aliphatic heterocycles. The van der Waals surface area contributed by atoms with Gasteiger partial charge in [0.25, 0.3) is 0 Å². The summed E-state index contributed by atoms with van der Waals surface area (Å²) >= 11 is 0. The lowest BCUT2D eigenvalue weighted by Gasteiger charge is -2.07. The van der Waals surface area contributed by atoms with Crippen LogP contribution in [0.4, 0.5) is 0 Å². The molecule has 0 amide bonds. The maximum absolute atomic E-state index is 5.99. The van der Waals surface area contributed by atoms with Crippen LogP contribution < -0.4 is 4.57 Å². The van der Waals surface area contributed by atoms with Crippen LogP contribution in [0.3, 0.4) is 0 Å². The minimum atomic E-state index is 0.958. The number of aryl methyl sites for hydroxylation is 2. The number of fused-ring (bicyclic) bond motifs is 3. The summed E-state index contributed by atoms with van der Waals surface area (Å²) in [7, 11) is 2.10. The molecule has 0 aliphatic rings. The van der Waals surface area contributed by atoms with Crippen molar-refractivity contribution in [3.8, 4) is 0 Å². The van der Waals surface area contributed by atoms with E-state index in [1.165, 1.54) is 32.9 Å². The lowest BCUT2D eigenvalue weighted by atomic mass is 10.0.